The van der Waals surface area contributed by atoms with Gasteiger partial charge in [0, 0.05) is 0 Å². The van der Waals surface area contributed by atoms with Crippen LogP contribution >= 0.6 is 15.8 Å². The summed E-state index contributed by atoms with van der Waals surface area (Å²) < 4.78 is 25.9. The molecule has 58 heavy (non-hydrogen) atoms. The van der Waals surface area contributed by atoms with Crippen molar-refractivity contribution in [2.75, 3.05) is 6.26 Å². The average molecular weight is 965 g/mol. The van der Waals surface area contributed by atoms with Gasteiger partial charge in [0.15, 0.2) is 0 Å². The molecular formula is C49H58FeNO3P2PdS+. The molecule has 2 fully saturated rings. The molecule has 0 amide bonds. The summed E-state index contributed by atoms with van der Waals surface area (Å²) >= 11 is 0. The van der Waals surface area contributed by atoms with Crippen molar-refractivity contribution in [1.29, 1.82) is 0 Å². The Hall–Kier alpha value is -2.93. The molecule has 0 spiro atoms. The van der Waals surface area contributed by atoms with Gasteiger partial charge in [-0.05, 0) is 87.0 Å². The summed E-state index contributed by atoms with van der Waals surface area (Å²) in [4.78, 5) is 0. The van der Waals surface area contributed by atoms with Crippen molar-refractivity contribution >= 4 is 52.9 Å². The summed E-state index contributed by atoms with van der Waals surface area (Å²) in [5.74, 6) is 0. The molecule has 0 saturated heterocycles. The Morgan fingerprint density at radius 3 is 1.40 bits per heavy atom. The van der Waals surface area contributed by atoms with Crippen LogP contribution in [-0.4, -0.2) is 30.5 Å². The third-order valence-corrected chi connectivity index (χ3v) is 15.9. The predicted octanol–water partition coefficient (Wildman–Crippen LogP) is 12.1. The van der Waals surface area contributed by atoms with E-state index in [1.54, 1.807) is 27.3 Å². The molecule has 0 atom stereocenters. The fraction of sp³-hybridized carbons (Fsp3) is 0.224. The SMILES string of the molecule is CS(=O)(=O)O.[CH3-].[CH3-].[Fe+2].[NH-]c1ccccc1-c1[c-]cccc1.[Pd+2].c1ccc(P(c2ccccc2)C2CCCC2)cc1.c1ccc([PH+](c2ccccc2)C2CCCC2)cc1. The number of benzene rings is 6. The number of nitrogens with one attached hydrogen (secondary N) is 1. The monoisotopic (exact) mass is 964 g/mol. The Morgan fingerprint density at radius 2 is 0.983 bits per heavy atom. The van der Waals surface area contributed by atoms with Gasteiger partial charge in [-0.2, -0.15) is 14.1 Å². The number of hydrogen-bond donors (Lipinski definition) is 1. The third-order valence-electron chi connectivity index (χ3n) is 9.62. The van der Waals surface area contributed by atoms with Crippen LogP contribution in [0, 0.1) is 20.9 Å². The summed E-state index contributed by atoms with van der Waals surface area (Å²) in [5, 5.41) is 6.26. The van der Waals surface area contributed by atoms with Crippen LogP contribution in [0.4, 0.5) is 5.69 Å². The van der Waals surface area contributed by atoms with Crippen molar-refractivity contribution < 1.29 is 50.5 Å². The molecule has 0 aromatic heterocycles. The van der Waals surface area contributed by atoms with E-state index in [4.69, 9.17) is 10.3 Å². The maximum atomic E-state index is 9.19. The van der Waals surface area contributed by atoms with Crippen LogP contribution in [-0.2, 0) is 47.6 Å². The zero-order valence-electron chi connectivity index (χ0n) is 33.8. The Kier molecular flexibility index (Phi) is 26.1. The van der Waals surface area contributed by atoms with Crippen molar-refractivity contribution in [3.63, 3.8) is 0 Å². The fourth-order valence-electron chi connectivity index (χ4n) is 7.28. The van der Waals surface area contributed by atoms with Gasteiger partial charge in [0.2, 0.25) is 0 Å². The molecule has 2 aliphatic rings. The van der Waals surface area contributed by atoms with Gasteiger partial charge in [0.1, 0.15) is 0 Å². The molecule has 310 valence electrons. The van der Waals surface area contributed by atoms with Crippen LogP contribution in [0.25, 0.3) is 16.9 Å². The van der Waals surface area contributed by atoms with Crippen molar-refractivity contribution in [2.45, 2.75) is 62.7 Å². The van der Waals surface area contributed by atoms with E-state index in [9.17, 15) is 8.42 Å². The number of hydrogen-bond acceptors (Lipinski definition) is 2. The molecule has 0 radical (unpaired) electrons. The average Bonchev–Trinajstić information content (AvgIpc) is 3.94. The molecule has 4 nitrogen and oxygen atoms in total. The molecule has 2 N–H and O–H groups in total. The Morgan fingerprint density at radius 1 is 0.603 bits per heavy atom. The quantitative estimate of drug-likeness (QED) is 0.0749. The minimum Gasteiger partial charge on any atom is -0.706 e. The largest absolute Gasteiger partial charge is 2.00 e. The molecule has 0 unspecified atom stereocenters. The van der Waals surface area contributed by atoms with Crippen LogP contribution in [0.5, 0.6) is 0 Å². The van der Waals surface area contributed by atoms with Gasteiger partial charge in [0.05, 0.1) is 30.4 Å². The van der Waals surface area contributed by atoms with E-state index < -0.39 is 18.0 Å². The topological polar surface area (TPSA) is 78.2 Å². The molecule has 0 aliphatic heterocycles. The van der Waals surface area contributed by atoms with Gasteiger partial charge in [-0.15, -0.1) is 41.5 Å². The summed E-state index contributed by atoms with van der Waals surface area (Å²) in [6.45, 7) is 0. The van der Waals surface area contributed by atoms with E-state index in [1.807, 2.05) is 42.5 Å². The zero-order chi connectivity index (χ0) is 38.0. The molecule has 6 aromatic carbocycles. The molecule has 8 rings (SSSR count). The first kappa shape index (κ1) is 53.1. The molecule has 0 bridgehead atoms. The minimum absolute atomic E-state index is 0. The predicted molar refractivity (Wildman–Crippen MR) is 249 cm³/mol. The maximum absolute atomic E-state index is 9.19. The van der Waals surface area contributed by atoms with Gasteiger partial charge in [-0.1, -0.05) is 134 Å². The van der Waals surface area contributed by atoms with E-state index in [1.165, 1.54) is 51.4 Å². The maximum Gasteiger partial charge on any atom is 2.00 e. The minimum atomic E-state index is -3.67. The number of rotatable bonds is 7. The molecular weight excluding hydrogens is 907 g/mol. The third kappa shape index (κ3) is 17.7. The van der Waals surface area contributed by atoms with Crippen LogP contribution in [0.1, 0.15) is 51.4 Å². The van der Waals surface area contributed by atoms with Crippen molar-refractivity contribution in [1.82, 2.24) is 0 Å². The summed E-state index contributed by atoms with van der Waals surface area (Å²) in [5.41, 5.74) is 12.0. The summed E-state index contributed by atoms with van der Waals surface area (Å²) in [7, 11) is -4.40. The van der Waals surface area contributed by atoms with Gasteiger partial charge < -0.3 is 20.6 Å². The van der Waals surface area contributed by atoms with Gasteiger partial charge in [-0.3, -0.25) is 4.55 Å². The van der Waals surface area contributed by atoms with Crippen LogP contribution < -0.4 is 21.2 Å². The van der Waals surface area contributed by atoms with E-state index >= 15 is 0 Å². The van der Waals surface area contributed by atoms with Gasteiger partial charge in [0.25, 0.3) is 10.1 Å². The van der Waals surface area contributed by atoms with Crippen molar-refractivity contribution in [2.24, 2.45) is 0 Å². The van der Waals surface area contributed by atoms with Crippen LogP contribution in [0.2, 0.25) is 0 Å². The van der Waals surface area contributed by atoms with E-state index in [2.05, 4.69) is 127 Å². The van der Waals surface area contributed by atoms with Crippen LogP contribution in [0.15, 0.2) is 170 Å². The van der Waals surface area contributed by atoms with E-state index in [0.717, 1.165) is 22.4 Å². The first-order valence-corrected chi connectivity index (χ1v) is 23.7. The second-order valence-corrected chi connectivity index (χ2v) is 20.4. The Bertz CT molecular complexity index is 1860. The summed E-state index contributed by atoms with van der Waals surface area (Å²) in [6, 6.07) is 63.0. The van der Waals surface area contributed by atoms with Gasteiger partial charge >= 0.3 is 37.5 Å². The van der Waals surface area contributed by atoms with E-state index in [-0.39, 0.29) is 60.3 Å². The van der Waals surface area contributed by atoms with E-state index in [0.29, 0.717) is 11.9 Å². The van der Waals surface area contributed by atoms with Gasteiger partial charge in [-0.25, -0.2) is 0 Å². The Balaban J connectivity index is 0.000000402. The first-order chi connectivity index (χ1) is 26.3. The second kappa shape index (κ2) is 28.5. The molecule has 0 heterocycles. The molecule has 9 heteroatoms. The Labute approximate surface area is 377 Å². The summed E-state index contributed by atoms with van der Waals surface area (Å²) in [6.07, 6.45) is 12.1. The first-order valence-electron chi connectivity index (χ1n) is 18.8. The van der Waals surface area contributed by atoms with Crippen molar-refractivity contribution in [3.05, 3.63) is 197 Å². The smallest absolute Gasteiger partial charge is 0.706 e. The zero-order valence-corrected chi connectivity index (χ0v) is 39.1. The van der Waals surface area contributed by atoms with Crippen LogP contribution in [0.3, 0.4) is 0 Å². The molecule has 2 aliphatic carbocycles. The second-order valence-electron chi connectivity index (χ2n) is 13.7. The molecule has 2 saturated carbocycles. The standard InChI is InChI=1S/2C17H19P.C12H9N.CH4O3S.2CH3.Fe.Pd/c2*1-3-9-15(10-4-1)18(17-13-7-8-14-17)16-11-5-2-6-12-16;13-12-9-5-4-8-11(12)10-6-2-1-3-7-10;1-5(2,3)4;;;;/h2*1-6,9-12,17H,7-8,13-14H2;1-6,8-9,13H;1H3,(H,2,3,4);2*1H3;;/q;;-2;;2*-1;2*+2/p+1. The van der Waals surface area contributed by atoms with Crippen molar-refractivity contribution in [3.8, 4) is 11.1 Å². The fourth-order valence-corrected chi connectivity index (χ4v) is 13.7. The normalized spacial score (nSPS) is 13.3. The molecule has 6 aromatic rings.